The normalized spacial score (nSPS) is 20.2. The topological polar surface area (TPSA) is 13.1 Å². The number of benzene rings is 9. The Balaban J connectivity index is 1.18. The summed E-state index contributed by atoms with van der Waals surface area (Å²) in [6, 6.07) is 52.8. The molecule has 1 heteroatoms. The second-order valence-electron chi connectivity index (χ2n) is 13.8. The minimum atomic E-state index is -1.22. The molecule has 0 bridgehead atoms. The number of furan rings is 1. The summed E-state index contributed by atoms with van der Waals surface area (Å²) in [7, 11) is 0. The third kappa shape index (κ3) is 4.85. The fraction of sp³-hybridized carbons (Fsp3) is 0.0769. The first-order chi connectivity index (χ1) is 28.8. The highest BCUT2D eigenvalue weighted by Crippen LogP contribution is 2.47. The first-order valence-corrected chi connectivity index (χ1v) is 18.1. The maximum atomic E-state index is 9.89. The van der Waals surface area contributed by atoms with Gasteiger partial charge in [0, 0.05) is 16.3 Å². The van der Waals surface area contributed by atoms with E-state index in [4.69, 9.17) is 7.16 Å². The van der Waals surface area contributed by atoms with Gasteiger partial charge in [-0.2, -0.15) is 0 Å². The van der Waals surface area contributed by atoms with Gasteiger partial charge in [-0.3, -0.25) is 0 Å². The van der Waals surface area contributed by atoms with Crippen molar-refractivity contribution in [2.45, 2.75) is 25.6 Å². The van der Waals surface area contributed by atoms with Gasteiger partial charge in [0.25, 0.3) is 0 Å². The van der Waals surface area contributed by atoms with Gasteiger partial charge in [0.2, 0.25) is 0 Å². The summed E-state index contributed by atoms with van der Waals surface area (Å²) in [6.45, 7) is 0. The fourth-order valence-corrected chi connectivity index (χ4v) is 8.40. The molecule has 1 aromatic heterocycles. The second kappa shape index (κ2) is 12.1. The van der Waals surface area contributed by atoms with Crippen LogP contribution in [0.25, 0.3) is 98.8 Å². The predicted octanol–water partition coefficient (Wildman–Crippen LogP) is 14.6. The highest BCUT2D eigenvalue weighted by atomic mass is 16.3. The standard InChI is InChI=1S/C52H36O/c1-2-13-34(14-3-1)51-42-18-8-10-20-44(42)52(45-21-11-9-19-43(45)51)46-27-26-39(40-16-6-7-17-41(40)46)38-25-29-50-48(32-38)47-31-37(24-28-49(47)53-50)36-23-22-33-12-4-5-15-35(33)30-36/h1-5,8-15,18-32H,6-7,16-17H2/i6D,7D,16D,17D,26D,27D. The number of rotatable bonds is 4. The van der Waals surface area contributed by atoms with Crippen LogP contribution in [-0.4, -0.2) is 0 Å². The number of fused-ring (bicyclic) bond motifs is 7. The van der Waals surface area contributed by atoms with Crippen LogP contribution >= 0.6 is 0 Å². The molecule has 0 aliphatic heterocycles. The Morgan fingerprint density at radius 2 is 0.906 bits per heavy atom. The van der Waals surface area contributed by atoms with E-state index in [1.165, 1.54) is 5.39 Å². The van der Waals surface area contributed by atoms with E-state index in [0.29, 0.717) is 33.4 Å². The summed E-state index contributed by atoms with van der Waals surface area (Å²) in [6.07, 6.45) is -4.88. The van der Waals surface area contributed by atoms with E-state index in [2.05, 4.69) is 66.7 Å². The van der Waals surface area contributed by atoms with Gasteiger partial charge >= 0.3 is 0 Å². The van der Waals surface area contributed by atoms with Gasteiger partial charge in [-0.05, 0) is 144 Å². The molecule has 1 aliphatic rings. The molecule has 0 fully saturated rings. The molecule has 0 saturated carbocycles. The highest BCUT2D eigenvalue weighted by Gasteiger charge is 2.23. The van der Waals surface area contributed by atoms with Crippen LogP contribution in [0.3, 0.4) is 0 Å². The predicted molar refractivity (Wildman–Crippen MR) is 225 cm³/mol. The Hall–Kier alpha value is -6.44. The molecule has 4 unspecified atom stereocenters. The first-order valence-electron chi connectivity index (χ1n) is 21.4. The van der Waals surface area contributed by atoms with Gasteiger partial charge in [-0.1, -0.05) is 139 Å². The smallest absolute Gasteiger partial charge is 0.135 e. The van der Waals surface area contributed by atoms with Crippen molar-refractivity contribution in [3.63, 3.8) is 0 Å². The zero-order valence-corrected chi connectivity index (χ0v) is 28.7. The number of hydrogen-bond acceptors (Lipinski definition) is 1. The lowest BCUT2D eigenvalue weighted by Gasteiger charge is -2.25. The summed E-state index contributed by atoms with van der Waals surface area (Å²) >= 11 is 0. The molecule has 0 spiro atoms. The fourth-order valence-electron chi connectivity index (χ4n) is 8.40. The van der Waals surface area contributed by atoms with E-state index in [1.54, 1.807) is 0 Å². The molecule has 250 valence electrons. The lowest BCUT2D eigenvalue weighted by molar-refractivity contribution is 0.669. The maximum Gasteiger partial charge on any atom is 0.135 e. The Morgan fingerprint density at radius 1 is 0.396 bits per heavy atom. The van der Waals surface area contributed by atoms with Crippen LogP contribution in [0.4, 0.5) is 0 Å². The van der Waals surface area contributed by atoms with Crippen LogP contribution in [0, 0.1) is 0 Å². The van der Waals surface area contributed by atoms with Crippen molar-refractivity contribution >= 4 is 54.3 Å². The van der Waals surface area contributed by atoms with E-state index >= 15 is 0 Å². The minimum absolute atomic E-state index is 0.0580. The SMILES string of the molecule is [2H]c1c([2H])c(-c2c3ccccc3c(-c3ccccc3)c3ccccc23)c2c(c1-c1ccc3oc4ccc(-c5ccc6ccccc6c5)cc4c3c1)C([2H])C([2H])C([2H])C2[2H]. The van der Waals surface area contributed by atoms with Crippen molar-refractivity contribution < 1.29 is 12.6 Å². The van der Waals surface area contributed by atoms with Gasteiger partial charge in [-0.25, -0.2) is 0 Å². The van der Waals surface area contributed by atoms with Crippen molar-refractivity contribution in [3.8, 4) is 44.5 Å². The average molecular weight is 683 g/mol. The Labute approximate surface area is 317 Å². The van der Waals surface area contributed by atoms with Crippen molar-refractivity contribution in [1.29, 1.82) is 0 Å². The molecule has 0 radical (unpaired) electrons. The van der Waals surface area contributed by atoms with Crippen LogP contribution in [0.5, 0.6) is 0 Å². The third-order valence-corrected chi connectivity index (χ3v) is 10.9. The zero-order valence-electron chi connectivity index (χ0n) is 34.7. The monoisotopic (exact) mass is 682 g/mol. The van der Waals surface area contributed by atoms with Crippen LogP contribution < -0.4 is 0 Å². The molecule has 0 amide bonds. The van der Waals surface area contributed by atoms with Crippen LogP contribution in [0.2, 0.25) is 0 Å². The van der Waals surface area contributed by atoms with Crippen molar-refractivity contribution in [2.24, 2.45) is 0 Å². The summed E-state index contributed by atoms with van der Waals surface area (Å²) in [4.78, 5) is 0. The molecule has 1 nitrogen and oxygen atoms in total. The molecule has 10 aromatic rings. The van der Waals surface area contributed by atoms with E-state index in [0.717, 1.165) is 71.1 Å². The molecule has 0 saturated heterocycles. The van der Waals surface area contributed by atoms with Gasteiger partial charge in [0.1, 0.15) is 11.2 Å². The second-order valence-corrected chi connectivity index (χ2v) is 13.8. The molecule has 53 heavy (non-hydrogen) atoms. The molecule has 9 aromatic carbocycles. The Bertz CT molecular complexity index is 3280. The minimum Gasteiger partial charge on any atom is -0.456 e. The molecule has 0 N–H and O–H groups in total. The van der Waals surface area contributed by atoms with Crippen molar-refractivity contribution in [2.75, 3.05) is 0 Å². The van der Waals surface area contributed by atoms with E-state index in [9.17, 15) is 5.48 Å². The van der Waals surface area contributed by atoms with Gasteiger partial charge in [-0.15, -0.1) is 0 Å². The molecule has 4 atom stereocenters. The lowest BCUT2D eigenvalue weighted by atomic mass is 9.78. The van der Waals surface area contributed by atoms with Gasteiger partial charge < -0.3 is 4.42 Å². The largest absolute Gasteiger partial charge is 0.456 e. The number of hydrogen-bond donors (Lipinski definition) is 0. The summed E-state index contributed by atoms with van der Waals surface area (Å²) in [5.41, 5.74) is 8.49. The highest BCUT2D eigenvalue weighted by molar-refractivity contribution is 6.21. The first kappa shape index (κ1) is 24.7. The van der Waals surface area contributed by atoms with Crippen LogP contribution in [-0.2, 0) is 12.8 Å². The molecule has 1 heterocycles. The summed E-state index contributed by atoms with van der Waals surface area (Å²) in [5, 5.41) is 7.73. The van der Waals surface area contributed by atoms with Crippen LogP contribution in [0.15, 0.2) is 174 Å². The van der Waals surface area contributed by atoms with Crippen molar-refractivity contribution in [3.05, 3.63) is 181 Å². The lowest BCUT2D eigenvalue weighted by Crippen LogP contribution is -2.07. The van der Waals surface area contributed by atoms with E-state index < -0.39 is 25.6 Å². The van der Waals surface area contributed by atoms with E-state index in [-0.39, 0.29) is 12.1 Å². The third-order valence-electron chi connectivity index (χ3n) is 10.9. The van der Waals surface area contributed by atoms with Crippen LogP contribution in [0.1, 0.15) is 32.1 Å². The van der Waals surface area contributed by atoms with E-state index in [1.807, 2.05) is 91.0 Å². The Morgan fingerprint density at radius 3 is 1.60 bits per heavy atom. The van der Waals surface area contributed by atoms with Crippen molar-refractivity contribution in [1.82, 2.24) is 0 Å². The molecule has 11 rings (SSSR count). The summed E-state index contributed by atoms with van der Waals surface area (Å²) < 4.78 is 63.3. The summed E-state index contributed by atoms with van der Waals surface area (Å²) in [5.74, 6) is 0. The van der Waals surface area contributed by atoms with Gasteiger partial charge in [0.15, 0.2) is 0 Å². The molecular weight excluding hydrogens is 641 g/mol. The molecule has 1 aliphatic carbocycles. The quantitative estimate of drug-likeness (QED) is 0.168. The zero-order chi connectivity index (χ0) is 40.1. The molecular formula is C52H36O. The average Bonchev–Trinajstić information content (AvgIpc) is 3.65. The maximum absolute atomic E-state index is 9.89. The Kier molecular flexibility index (Phi) is 5.63. The van der Waals surface area contributed by atoms with Gasteiger partial charge in [0.05, 0.1) is 2.74 Å².